The van der Waals surface area contributed by atoms with Crippen molar-refractivity contribution in [2.45, 2.75) is 41.7 Å². The van der Waals surface area contributed by atoms with E-state index in [2.05, 4.69) is 15.9 Å². The molecular weight excluding hydrogens is 528 g/mol. The molecule has 1 amide bonds. The second-order valence-electron chi connectivity index (χ2n) is 9.26. The van der Waals surface area contributed by atoms with Gasteiger partial charge in [0.25, 0.3) is 0 Å². The van der Waals surface area contributed by atoms with Crippen molar-refractivity contribution in [2.75, 3.05) is 26.8 Å². The molecule has 1 saturated heterocycles. The zero-order valence-corrected chi connectivity index (χ0v) is 21.4. The predicted octanol–water partition coefficient (Wildman–Crippen LogP) is 5.08. The monoisotopic (exact) mass is 555 g/mol. The van der Waals surface area contributed by atoms with Crippen molar-refractivity contribution in [3.05, 3.63) is 64.1 Å². The van der Waals surface area contributed by atoms with Gasteiger partial charge in [0, 0.05) is 32.7 Å². The quantitative estimate of drug-likeness (QED) is 0.466. The summed E-state index contributed by atoms with van der Waals surface area (Å²) >= 11 is 3.12. The third-order valence-corrected chi connectivity index (χ3v) is 10.4. The molecule has 0 radical (unpaired) electrons. The first kappa shape index (κ1) is 25.3. The number of nitrogens with zero attached hydrogens (tertiary/aromatic N) is 1. The lowest BCUT2D eigenvalue weighted by molar-refractivity contribution is -0.136. The highest BCUT2D eigenvalue weighted by Crippen LogP contribution is 2.45. The molecule has 0 unspecified atom stereocenters. The smallest absolute Gasteiger partial charge is 0.225 e. The first-order valence-electron chi connectivity index (χ1n) is 11.4. The van der Waals surface area contributed by atoms with Crippen molar-refractivity contribution in [1.29, 1.82) is 0 Å². The summed E-state index contributed by atoms with van der Waals surface area (Å²) in [5.74, 6) is -0.887. The minimum Gasteiger partial charge on any atom is -0.384 e. The number of rotatable bonds is 6. The van der Waals surface area contributed by atoms with E-state index in [-0.39, 0.29) is 46.3 Å². The van der Waals surface area contributed by atoms with Gasteiger partial charge in [-0.25, -0.2) is 17.2 Å². The number of carbonyl (C=O) groups excluding carboxylic acids is 1. The summed E-state index contributed by atoms with van der Waals surface area (Å²) < 4.78 is 59.8. The topological polar surface area (TPSA) is 63.7 Å². The number of methoxy groups -OCH3 is 1. The standard InChI is InChI=1S/C25H28BrF2NO4S/c1-33-15-17-2-4-18(5-3-17)24(30)29-13-12-25(16-29,19-6-11-22(26)23(28)14-19)34(31,32)21-9-7-20(27)8-10-21/h6-11,14,17-18H,2-5,12-13,15-16H2,1H3/t17-,18-,25-/m0/s1. The van der Waals surface area contributed by atoms with Gasteiger partial charge in [-0.2, -0.15) is 0 Å². The van der Waals surface area contributed by atoms with Crippen LogP contribution in [0.3, 0.4) is 0 Å². The maximum Gasteiger partial charge on any atom is 0.225 e. The summed E-state index contributed by atoms with van der Waals surface area (Å²) in [5, 5.41) is 0. The van der Waals surface area contributed by atoms with Gasteiger partial charge in [0.2, 0.25) is 5.91 Å². The Kier molecular flexibility index (Phi) is 7.45. The van der Waals surface area contributed by atoms with Crippen molar-refractivity contribution in [3.8, 4) is 0 Å². The molecule has 1 aliphatic carbocycles. The molecule has 4 rings (SSSR count). The zero-order chi connectivity index (χ0) is 24.5. The van der Waals surface area contributed by atoms with Crippen LogP contribution in [0.2, 0.25) is 0 Å². The van der Waals surface area contributed by atoms with Gasteiger partial charge in [0.15, 0.2) is 9.84 Å². The Labute approximate surface area is 207 Å². The molecular formula is C25H28BrF2NO4S. The summed E-state index contributed by atoms with van der Waals surface area (Å²) in [6, 6.07) is 8.92. The molecule has 2 aromatic carbocycles. The Balaban J connectivity index is 1.66. The second kappa shape index (κ2) is 10.0. The van der Waals surface area contributed by atoms with E-state index in [0.717, 1.165) is 37.8 Å². The van der Waals surface area contributed by atoms with Crippen molar-refractivity contribution in [1.82, 2.24) is 4.90 Å². The Morgan fingerprint density at radius 2 is 1.79 bits per heavy atom. The Hall–Kier alpha value is -1.84. The van der Waals surface area contributed by atoms with E-state index >= 15 is 0 Å². The van der Waals surface area contributed by atoms with E-state index in [1.807, 2.05) is 0 Å². The van der Waals surface area contributed by atoms with Crippen LogP contribution < -0.4 is 0 Å². The summed E-state index contributed by atoms with van der Waals surface area (Å²) in [7, 11) is -2.40. The molecule has 1 aliphatic heterocycles. The van der Waals surface area contributed by atoms with E-state index in [0.29, 0.717) is 12.5 Å². The maximum atomic E-state index is 14.5. The van der Waals surface area contributed by atoms with Gasteiger partial charge < -0.3 is 9.64 Å². The van der Waals surface area contributed by atoms with Crippen LogP contribution in [0, 0.1) is 23.5 Å². The number of ether oxygens (including phenoxy) is 1. The summed E-state index contributed by atoms with van der Waals surface area (Å²) in [6.07, 6.45) is 3.42. The third kappa shape index (κ3) is 4.66. The molecule has 1 atom stereocenters. The van der Waals surface area contributed by atoms with Crippen LogP contribution >= 0.6 is 15.9 Å². The highest BCUT2D eigenvalue weighted by Gasteiger charge is 2.52. The molecule has 1 saturated carbocycles. The Morgan fingerprint density at radius 1 is 1.12 bits per heavy atom. The molecule has 2 aromatic rings. The predicted molar refractivity (Wildman–Crippen MR) is 128 cm³/mol. The molecule has 34 heavy (non-hydrogen) atoms. The zero-order valence-electron chi connectivity index (χ0n) is 19.0. The fourth-order valence-corrected chi connectivity index (χ4v) is 7.58. The van der Waals surface area contributed by atoms with Crippen LogP contribution in [0.25, 0.3) is 0 Å². The molecule has 5 nitrogen and oxygen atoms in total. The van der Waals surface area contributed by atoms with E-state index in [9.17, 15) is 22.0 Å². The van der Waals surface area contributed by atoms with Gasteiger partial charge >= 0.3 is 0 Å². The van der Waals surface area contributed by atoms with Gasteiger partial charge in [-0.15, -0.1) is 0 Å². The van der Waals surface area contributed by atoms with E-state index in [1.54, 1.807) is 18.1 Å². The van der Waals surface area contributed by atoms with Gasteiger partial charge in [0.05, 0.1) is 9.37 Å². The van der Waals surface area contributed by atoms with Crippen LogP contribution in [0.15, 0.2) is 51.8 Å². The number of halogens is 3. The molecule has 2 aliphatic rings. The van der Waals surface area contributed by atoms with Crippen LogP contribution in [-0.2, 0) is 24.1 Å². The molecule has 0 N–H and O–H groups in total. The largest absolute Gasteiger partial charge is 0.384 e. The van der Waals surface area contributed by atoms with Crippen LogP contribution in [0.4, 0.5) is 8.78 Å². The molecule has 184 valence electrons. The number of benzene rings is 2. The SMILES string of the molecule is COC[C@H]1CC[C@H](C(=O)N2CC[C@](c3ccc(Br)c(F)c3)(S(=O)(=O)c3ccc(F)cc3)C2)CC1. The Bertz CT molecular complexity index is 1150. The second-order valence-corrected chi connectivity index (χ2v) is 12.4. The number of carbonyl (C=O) groups is 1. The van der Waals surface area contributed by atoms with E-state index in [1.165, 1.54) is 24.3 Å². The van der Waals surface area contributed by atoms with Gasteiger partial charge in [0.1, 0.15) is 16.4 Å². The highest BCUT2D eigenvalue weighted by atomic mass is 79.9. The number of hydrogen-bond donors (Lipinski definition) is 0. The van der Waals surface area contributed by atoms with Crippen LogP contribution in [0.5, 0.6) is 0 Å². The van der Waals surface area contributed by atoms with Gasteiger partial charge in [-0.1, -0.05) is 6.07 Å². The molecule has 0 spiro atoms. The number of amides is 1. The normalized spacial score (nSPS) is 25.5. The fraction of sp³-hybridized carbons (Fsp3) is 0.480. The molecule has 9 heteroatoms. The van der Waals surface area contributed by atoms with Crippen molar-refractivity contribution >= 4 is 31.7 Å². The van der Waals surface area contributed by atoms with Crippen molar-refractivity contribution < 1.29 is 26.7 Å². The van der Waals surface area contributed by atoms with Crippen molar-refractivity contribution in [3.63, 3.8) is 0 Å². The lowest BCUT2D eigenvalue weighted by Gasteiger charge is -2.32. The van der Waals surface area contributed by atoms with Gasteiger partial charge in [-0.3, -0.25) is 4.79 Å². The van der Waals surface area contributed by atoms with Crippen molar-refractivity contribution in [2.24, 2.45) is 11.8 Å². The van der Waals surface area contributed by atoms with E-state index < -0.39 is 26.2 Å². The van der Waals surface area contributed by atoms with Gasteiger partial charge in [-0.05, 0) is 95.9 Å². The highest BCUT2D eigenvalue weighted by molar-refractivity contribution is 9.10. The molecule has 1 heterocycles. The van der Waals surface area contributed by atoms with Crippen LogP contribution in [-0.4, -0.2) is 46.0 Å². The fourth-order valence-electron chi connectivity index (χ4n) is 5.27. The minimum absolute atomic E-state index is 0.0494. The van der Waals surface area contributed by atoms with E-state index in [4.69, 9.17) is 4.74 Å². The Morgan fingerprint density at radius 3 is 2.41 bits per heavy atom. The molecule has 2 fully saturated rings. The summed E-state index contributed by atoms with van der Waals surface area (Å²) in [5.41, 5.74) is 0.289. The molecule has 0 aromatic heterocycles. The average Bonchev–Trinajstić information content (AvgIpc) is 3.29. The lowest BCUT2D eigenvalue weighted by Crippen LogP contribution is -2.42. The van der Waals surface area contributed by atoms with Crippen LogP contribution in [0.1, 0.15) is 37.7 Å². The first-order valence-corrected chi connectivity index (χ1v) is 13.7. The number of hydrogen-bond acceptors (Lipinski definition) is 4. The lowest BCUT2D eigenvalue weighted by atomic mass is 9.81. The average molecular weight is 556 g/mol. The first-order chi connectivity index (χ1) is 16.2. The third-order valence-electron chi connectivity index (χ3n) is 7.23. The minimum atomic E-state index is -4.07. The summed E-state index contributed by atoms with van der Waals surface area (Å²) in [6.45, 7) is 0.873. The summed E-state index contributed by atoms with van der Waals surface area (Å²) in [4.78, 5) is 14.9. The number of likely N-dealkylation sites (tertiary alicyclic amines) is 1. The maximum absolute atomic E-state index is 14.5. The molecule has 0 bridgehead atoms. The number of sulfone groups is 1.